The summed E-state index contributed by atoms with van der Waals surface area (Å²) >= 11 is 0. The Balaban J connectivity index is 2.44. The Kier molecular flexibility index (Phi) is 6.02. The molecule has 0 aliphatic heterocycles. The fourth-order valence-electron chi connectivity index (χ4n) is 2.51. The third-order valence-corrected chi connectivity index (χ3v) is 3.72. The molecule has 0 amide bonds. The van der Waals surface area contributed by atoms with Crippen molar-refractivity contribution in [1.82, 2.24) is 0 Å². The van der Waals surface area contributed by atoms with E-state index in [1.807, 2.05) is 20.8 Å². The Morgan fingerprint density at radius 3 is 2.30 bits per heavy atom. The first kappa shape index (κ1) is 17.4. The molecule has 118 valence electrons. The van der Waals surface area contributed by atoms with Gasteiger partial charge in [0.2, 0.25) is 0 Å². The largest absolute Gasteiger partial charge is 0.458 e. The normalized spacial score (nSPS) is 24.5. The third-order valence-electron chi connectivity index (χ3n) is 3.72. The van der Waals surface area contributed by atoms with E-state index in [4.69, 9.17) is 9.47 Å². The molecule has 0 saturated heterocycles. The second-order valence-electron chi connectivity index (χ2n) is 7.40. The average molecular weight is 286 g/mol. The predicted molar refractivity (Wildman–Crippen MR) is 78.4 cm³/mol. The number of hydrogen-bond donors (Lipinski definition) is 1. The predicted octanol–water partition coefficient (Wildman–Crippen LogP) is 2.92. The summed E-state index contributed by atoms with van der Waals surface area (Å²) in [4.78, 5) is 12.1. The lowest BCUT2D eigenvalue weighted by molar-refractivity contribution is -0.181. The van der Waals surface area contributed by atoms with Crippen LogP contribution in [0.15, 0.2) is 0 Å². The fourth-order valence-corrected chi connectivity index (χ4v) is 2.51. The quantitative estimate of drug-likeness (QED) is 0.790. The maximum atomic E-state index is 12.1. The van der Waals surface area contributed by atoms with Crippen molar-refractivity contribution in [3.8, 4) is 0 Å². The maximum Gasteiger partial charge on any atom is 0.338 e. The summed E-state index contributed by atoms with van der Waals surface area (Å²) in [7, 11) is 0. The molecular weight excluding hydrogens is 256 g/mol. The molecule has 0 aromatic carbocycles. The molecule has 20 heavy (non-hydrogen) atoms. The van der Waals surface area contributed by atoms with Gasteiger partial charge < -0.3 is 14.6 Å². The number of hydrogen-bond acceptors (Lipinski definition) is 4. The molecule has 0 spiro atoms. The summed E-state index contributed by atoms with van der Waals surface area (Å²) in [6.45, 7) is 9.89. The number of carbonyl (C=O) groups is 1. The Hall–Kier alpha value is -0.610. The van der Waals surface area contributed by atoms with Gasteiger partial charge in [-0.2, -0.15) is 0 Å². The first-order valence-electron chi connectivity index (χ1n) is 7.62. The molecule has 0 radical (unpaired) electrons. The molecule has 1 N–H and O–H groups in total. The molecule has 0 bridgehead atoms. The summed E-state index contributed by atoms with van der Waals surface area (Å²) < 4.78 is 11.2. The summed E-state index contributed by atoms with van der Waals surface area (Å²) in [5.74, 6) is 0.504. The topological polar surface area (TPSA) is 55.8 Å². The van der Waals surface area contributed by atoms with Gasteiger partial charge in [0.1, 0.15) is 5.60 Å². The average Bonchev–Trinajstić information content (AvgIpc) is 2.35. The van der Waals surface area contributed by atoms with E-state index in [1.165, 1.54) is 0 Å². The van der Waals surface area contributed by atoms with Crippen LogP contribution in [0.2, 0.25) is 0 Å². The van der Waals surface area contributed by atoms with Crippen LogP contribution < -0.4 is 0 Å². The first-order chi connectivity index (χ1) is 9.14. The molecule has 1 saturated carbocycles. The van der Waals surface area contributed by atoms with E-state index in [0.29, 0.717) is 18.4 Å². The van der Waals surface area contributed by atoms with Crippen LogP contribution >= 0.6 is 0 Å². The molecule has 4 nitrogen and oxygen atoms in total. The van der Waals surface area contributed by atoms with Crippen molar-refractivity contribution in [2.24, 2.45) is 11.8 Å². The van der Waals surface area contributed by atoms with E-state index in [1.54, 1.807) is 13.8 Å². The number of rotatable bonds is 5. The number of ether oxygens (including phenoxy) is 2. The summed E-state index contributed by atoms with van der Waals surface area (Å²) in [5.41, 5.74) is -1.41. The minimum Gasteiger partial charge on any atom is -0.458 e. The van der Waals surface area contributed by atoms with Crippen molar-refractivity contribution < 1.29 is 19.4 Å². The molecule has 1 unspecified atom stereocenters. The van der Waals surface area contributed by atoms with Crippen molar-refractivity contribution in [3.05, 3.63) is 0 Å². The number of aliphatic hydroxyl groups is 1. The Morgan fingerprint density at radius 1 is 1.15 bits per heavy atom. The number of carbonyl (C=O) groups excluding carboxylic acids is 1. The SMILES string of the molecule is CC(C)(C)OC(=O)C(C)(C)OCC1CCC[C@@H](CO)C1. The van der Waals surface area contributed by atoms with Gasteiger partial charge in [0, 0.05) is 6.61 Å². The first-order valence-corrected chi connectivity index (χ1v) is 7.62. The second kappa shape index (κ2) is 6.90. The lowest BCUT2D eigenvalue weighted by atomic mass is 9.82. The van der Waals surface area contributed by atoms with E-state index < -0.39 is 11.2 Å². The number of esters is 1. The molecule has 0 heterocycles. The monoisotopic (exact) mass is 286 g/mol. The van der Waals surface area contributed by atoms with Crippen molar-refractivity contribution >= 4 is 5.97 Å². The zero-order valence-corrected chi connectivity index (χ0v) is 13.6. The van der Waals surface area contributed by atoms with Gasteiger partial charge in [-0.05, 0) is 65.7 Å². The van der Waals surface area contributed by atoms with Gasteiger partial charge in [0.05, 0.1) is 6.61 Å². The van der Waals surface area contributed by atoms with E-state index >= 15 is 0 Å². The Morgan fingerprint density at radius 2 is 1.75 bits per heavy atom. The van der Waals surface area contributed by atoms with E-state index in [-0.39, 0.29) is 12.6 Å². The Bertz CT molecular complexity index is 317. The zero-order chi connectivity index (χ0) is 15.4. The summed E-state index contributed by atoms with van der Waals surface area (Å²) in [6.07, 6.45) is 4.33. The van der Waals surface area contributed by atoms with Crippen molar-refractivity contribution in [2.75, 3.05) is 13.2 Å². The standard InChI is InChI=1S/C16H30O4/c1-15(2,3)20-14(18)16(4,5)19-11-13-8-6-7-12(9-13)10-17/h12-13,17H,6-11H2,1-5H3/t12-,13?/m1/s1. The highest BCUT2D eigenvalue weighted by Gasteiger charge is 2.34. The van der Waals surface area contributed by atoms with Gasteiger partial charge >= 0.3 is 5.97 Å². The highest BCUT2D eigenvalue weighted by Crippen LogP contribution is 2.30. The molecule has 1 aliphatic rings. The van der Waals surface area contributed by atoms with E-state index in [0.717, 1.165) is 25.7 Å². The van der Waals surface area contributed by atoms with Crippen LogP contribution in [0.1, 0.15) is 60.3 Å². The number of aliphatic hydroxyl groups excluding tert-OH is 1. The van der Waals surface area contributed by atoms with Crippen LogP contribution in [-0.4, -0.2) is 35.5 Å². The van der Waals surface area contributed by atoms with Gasteiger partial charge in [0.25, 0.3) is 0 Å². The van der Waals surface area contributed by atoms with Crippen LogP contribution in [-0.2, 0) is 14.3 Å². The molecule has 2 atom stereocenters. The molecule has 1 fully saturated rings. The lowest BCUT2D eigenvalue weighted by Gasteiger charge is -2.32. The minimum absolute atomic E-state index is 0.256. The van der Waals surface area contributed by atoms with Gasteiger partial charge in [0.15, 0.2) is 5.60 Å². The highest BCUT2D eigenvalue weighted by atomic mass is 16.6. The molecular formula is C16H30O4. The fraction of sp³-hybridized carbons (Fsp3) is 0.938. The van der Waals surface area contributed by atoms with E-state index in [2.05, 4.69) is 0 Å². The third kappa shape index (κ3) is 5.80. The maximum absolute atomic E-state index is 12.1. The molecule has 0 aromatic rings. The molecule has 1 aliphatic carbocycles. The zero-order valence-electron chi connectivity index (χ0n) is 13.6. The highest BCUT2D eigenvalue weighted by molar-refractivity contribution is 5.78. The van der Waals surface area contributed by atoms with Gasteiger partial charge in [-0.15, -0.1) is 0 Å². The lowest BCUT2D eigenvalue weighted by Crippen LogP contribution is -2.42. The molecule has 0 aromatic heterocycles. The van der Waals surface area contributed by atoms with E-state index in [9.17, 15) is 9.90 Å². The van der Waals surface area contributed by atoms with Crippen LogP contribution in [0.3, 0.4) is 0 Å². The minimum atomic E-state index is -0.917. The van der Waals surface area contributed by atoms with Crippen LogP contribution in [0, 0.1) is 11.8 Å². The van der Waals surface area contributed by atoms with Crippen molar-refractivity contribution in [1.29, 1.82) is 0 Å². The van der Waals surface area contributed by atoms with Crippen molar-refractivity contribution in [3.63, 3.8) is 0 Å². The van der Waals surface area contributed by atoms with Crippen LogP contribution in [0.5, 0.6) is 0 Å². The van der Waals surface area contributed by atoms with Gasteiger partial charge in [-0.1, -0.05) is 6.42 Å². The summed E-state index contributed by atoms with van der Waals surface area (Å²) in [5, 5.41) is 9.24. The Labute approximate surface area is 122 Å². The van der Waals surface area contributed by atoms with Gasteiger partial charge in [-0.25, -0.2) is 4.79 Å². The van der Waals surface area contributed by atoms with Crippen LogP contribution in [0.4, 0.5) is 0 Å². The second-order valence-corrected chi connectivity index (χ2v) is 7.40. The van der Waals surface area contributed by atoms with Gasteiger partial charge in [-0.3, -0.25) is 0 Å². The molecule has 1 rings (SSSR count). The summed E-state index contributed by atoms with van der Waals surface area (Å²) in [6, 6.07) is 0. The smallest absolute Gasteiger partial charge is 0.338 e. The molecule has 4 heteroatoms. The van der Waals surface area contributed by atoms with Crippen molar-refractivity contribution in [2.45, 2.75) is 71.5 Å². The van der Waals surface area contributed by atoms with Crippen LogP contribution in [0.25, 0.3) is 0 Å².